The van der Waals surface area contributed by atoms with E-state index in [1.807, 2.05) is 31.2 Å². The molecule has 1 nitrogen and oxygen atoms in total. The van der Waals surface area contributed by atoms with E-state index in [9.17, 15) is 4.79 Å². The third kappa shape index (κ3) is 4.28. The molecule has 0 fully saturated rings. The van der Waals surface area contributed by atoms with Gasteiger partial charge in [-0.25, -0.2) is 0 Å². The van der Waals surface area contributed by atoms with E-state index in [1.54, 1.807) is 0 Å². The van der Waals surface area contributed by atoms with E-state index in [0.29, 0.717) is 0 Å². The van der Waals surface area contributed by atoms with Gasteiger partial charge in [0.05, 0.1) is 0 Å². The van der Waals surface area contributed by atoms with E-state index in [-0.39, 0.29) is 11.2 Å². The summed E-state index contributed by atoms with van der Waals surface area (Å²) in [5, 5.41) is 0. The van der Waals surface area contributed by atoms with Gasteiger partial charge in [0.2, 0.25) is 0 Å². The lowest BCUT2D eigenvalue weighted by Gasteiger charge is -2.31. The maximum Gasteiger partial charge on any atom is 0.192 e. The van der Waals surface area contributed by atoms with Crippen LogP contribution in [0.25, 0.3) is 0 Å². The number of hydrogen-bond donors (Lipinski definition) is 0. The van der Waals surface area contributed by atoms with E-state index in [4.69, 9.17) is 0 Å². The summed E-state index contributed by atoms with van der Waals surface area (Å²) in [6.45, 7) is 13.0. The fourth-order valence-electron chi connectivity index (χ4n) is 3.58. The van der Waals surface area contributed by atoms with Crippen LogP contribution in [0.15, 0.2) is 83.1 Å². The molecule has 2 aliphatic carbocycles. The van der Waals surface area contributed by atoms with E-state index >= 15 is 0 Å². The molecular formula is C24H30O. The van der Waals surface area contributed by atoms with Crippen LogP contribution in [0.3, 0.4) is 0 Å². The maximum atomic E-state index is 12.9. The van der Waals surface area contributed by atoms with Gasteiger partial charge in [0.1, 0.15) is 0 Å². The van der Waals surface area contributed by atoms with Crippen LogP contribution in [0.4, 0.5) is 0 Å². The fraction of sp³-hybridized carbons (Fsp3) is 0.375. The van der Waals surface area contributed by atoms with Crippen LogP contribution in [-0.2, 0) is 4.79 Å². The van der Waals surface area contributed by atoms with Gasteiger partial charge in [0, 0.05) is 16.6 Å². The Morgan fingerprint density at radius 3 is 2.52 bits per heavy atom. The fourth-order valence-corrected chi connectivity index (χ4v) is 3.58. The highest BCUT2D eigenvalue weighted by Gasteiger charge is 2.28. The van der Waals surface area contributed by atoms with Crippen molar-refractivity contribution in [2.45, 2.75) is 53.4 Å². The Hall–Kier alpha value is -2.15. The van der Waals surface area contributed by atoms with Crippen molar-refractivity contribution >= 4 is 5.78 Å². The number of rotatable bonds is 4. The predicted octanol–water partition coefficient (Wildman–Crippen LogP) is 6.58. The predicted molar refractivity (Wildman–Crippen MR) is 108 cm³/mol. The first-order chi connectivity index (χ1) is 11.9. The molecule has 0 bridgehead atoms. The van der Waals surface area contributed by atoms with Gasteiger partial charge in [-0.1, -0.05) is 75.5 Å². The van der Waals surface area contributed by atoms with Gasteiger partial charge in [0.25, 0.3) is 0 Å². The van der Waals surface area contributed by atoms with Crippen molar-refractivity contribution in [3.05, 3.63) is 83.1 Å². The minimum absolute atomic E-state index is 0.0942. The first kappa shape index (κ1) is 19.2. The normalized spacial score (nSPS) is 27.1. The van der Waals surface area contributed by atoms with E-state index in [0.717, 1.165) is 42.4 Å². The highest BCUT2D eigenvalue weighted by Crippen LogP contribution is 2.40. The molecular weight excluding hydrogens is 304 g/mol. The quantitative estimate of drug-likeness (QED) is 0.567. The molecule has 0 unspecified atom stereocenters. The lowest BCUT2D eigenvalue weighted by molar-refractivity contribution is -0.111. The van der Waals surface area contributed by atoms with Crippen LogP contribution in [0.5, 0.6) is 0 Å². The zero-order valence-corrected chi connectivity index (χ0v) is 16.1. The summed E-state index contributed by atoms with van der Waals surface area (Å²) in [4.78, 5) is 12.9. The van der Waals surface area contributed by atoms with Crippen molar-refractivity contribution in [3.63, 3.8) is 0 Å². The molecule has 0 saturated heterocycles. The second kappa shape index (κ2) is 8.29. The number of ketones is 1. The minimum Gasteiger partial charge on any atom is -0.289 e. The number of carbonyl (C=O) groups is 1. The van der Waals surface area contributed by atoms with Crippen molar-refractivity contribution < 1.29 is 4.79 Å². The molecule has 0 heterocycles. The van der Waals surface area contributed by atoms with Crippen molar-refractivity contribution in [1.82, 2.24) is 0 Å². The molecule has 0 radical (unpaired) electrons. The van der Waals surface area contributed by atoms with E-state index in [1.165, 1.54) is 11.1 Å². The molecule has 0 aromatic heterocycles. The van der Waals surface area contributed by atoms with Gasteiger partial charge < -0.3 is 0 Å². The molecule has 2 aliphatic rings. The van der Waals surface area contributed by atoms with Crippen LogP contribution in [-0.4, -0.2) is 5.78 Å². The second-order valence-corrected chi connectivity index (χ2v) is 7.18. The molecule has 0 aromatic carbocycles. The highest BCUT2D eigenvalue weighted by molar-refractivity contribution is 6.12. The summed E-state index contributed by atoms with van der Waals surface area (Å²) in [6.07, 6.45) is 20.2. The van der Waals surface area contributed by atoms with Gasteiger partial charge >= 0.3 is 0 Å². The summed E-state index contributed by atoms with van der Waals surface area (Å²) in [6, 6.07) is 0. The Morgan fingerprint density at radius 2 is 1.92 bits per heavy atom. The van der Waals surface area contributed by atoms with Gasteiger partial charge in [-0.2, -0.15) is 0 Å². The Morgan fingerprint density at radius 1 is 1.20 bits per heavy atom. The number of allylic oxidation sites excluding steroid dienone is 13. The molecule has 0 amide bonds. The Kier molecular flexibility index (Phi) is 6.36. The molecule has 132 valence electrons. The first-order valence-corrected chi connectivity index (χ1v) is 9.26. The summed E-state index contributed by atoms with van der Waals surface area (Å²) in [5.74, 6) is 0.0942. The smallest absolute Gasteiger partial charge is 0.192 e. The average Bonchev–Trinajstić information content (AvgIpc) is 2.64. The third-order valence-corrected chi connectivity index (χ3v) is 5.15. The maximum absolute atomic E-state index is 12.9. The number of Topliss-reactive ketones (excluding diaryl/α,β-unsaturated/α-hetero) is 1. The van der Waals surface area contributed by atoms with Crippen LogP contribution in [0.1, 0.15) is 53.4 Å². The Labute approximate surface area is 152 Å². The SMILES string of the molecule is C=C1/C=C(C(=O)C2=CCCC=C2)\C=C/CC(/C=C\C)=C(/CC)C1(C)C. The zero-order valence-electron chi connectivity index (χ0n) is 16.1. The van der Waals surface area contributed by atoms with Gasteiger partial charge in [0.15, 0.2) is 5.78 Å². The van der Waals surface area contributed by atoms with Gasteiger partial charge in [-0.15, -0.1) is 0 Å². The molecule has 0 N–H and O–H groups in total. The number of hydrogen-bond acceptors (Lipinski definition) is 1. The lowest BCUT2D eigenvalue weighted by atomic mass is 9.73. The average molecular weight is 335 g/mol. The van der Waals surface area contributed by atoms with Crippen molar-refractivity contribution in [2.24, 2.45) is 5.41 Å². The lowest BCUT2D eigenvalue weighted by Crippen LogP contribution is -2.18. The second-order valence-electron chi connectivity index (χ2n) is 7.18. The first-order valence-electron chi connectivity index (χ1n) is 9.26. The zero-order chi connectivity index (χ0) is 18.4. The highest BCUT2D eigenvalue weighted by atomic mass is 16.1. The standard InChI is InChI=1S/C24H30O/c1-6-12-19-15-11-16-21(23(25)20-13-9-8-10-14-20)17-18(3)24(4,5)22(19)7-2/h6,9,11-14,16-17H,3,7-8,10,15H2,1-2,4-5H3/b12-6-,16-11-,21-17+,22-19-. The van der Waals surface area contributed by atoms with Crippen molar-refractivity contribution in [3.8, 4) is 0 Å². The van der Waals surface area contributed by atoms with Crippen molar-refractivity contribution in [2.75, 3.05) is 0 Å². The van der Waals surface area contributed by atoms with Gasteiger partial charge in [-0.05, 0) is 49.8 Å². The topological polar surface area (TPSA) is 17.1 Å². The minimum atomic E-state index is -0.169. The van der Waals surface area contributed by atoms with Crippen LogP contribution < -0.4 is 0 Å². The Bertz CT molecular complexity index is 730. The molecule has 0 aromatic rings. The van der Waals surface area contributed by atoms with E-state index in [2.05, 4.69) is 51.7 Å². The molecule has 0 aliphatic heterocycles. The molecule has 2 rings (SSSR count). The van der Waals surface area contributed by atoms with Crippen LogP contribution in [0.2, 0.25) is 0 Å². The largest absolute Gasteiger partial charge is 0.289 e. The summed E-state index contributed by atoms with van der Waals surface area (Å²) in [7, 11) is 0. The Balaban J connectivity index is 2.48. The molecule has 0 spiro atoms. The van der Waals surface area contributed by atoms with E-state index < -0.39 is 0 Å². The summed E-state index contributed by atoms with van der Waals surface area (Å²) >= 11 is 0. The van der Waals surface area contributed by atoms with Gasteiger partial charge in [-0.3, -0.25) is 4.79 Å². The monoisotopic (exact) mass is 334 g/mol. The van der Waals surface area contributed by atoms with Crippen LogP contribution >= 0.6 is 0 Å². The molecule has 0 saturated carbocycles. The summed E-state index contributed by atoms with van der Waals surface area (Å²) in [5.41, 5.74) is 5.06. The molecule has 25 heavy (non-hydrogen) atoms. The molecule has 0 atom stereocenters. The number of carbonyl (C=O) groups excluding carboxylic acids is 1. The third-order valence-electron chi connectivity index (χ3n) is 5.15. The van der Waals surface area contributed by atoms with Crippen LogP contribution in [0, 0.1) is 5.41 Å². The molecule has 1 heteroatoms. The summed E-state index contributed by atoms with van der Waals surface area (Å²) < 4.78 is 0. The van der Waals surface area contributed by atoms with Crippen molar-refractivity contribution in [1.29, 1.82) is 0 Å².